The van der Waals surface area contributed by atoms with Crippen molar-refractivity contribution < 1.29 is 27.1 Å². The molecule has 39 heavy (non-hydrogen) atoms. The zero-order chi connectivity index (χ0) is 28.7. The van der Waals surface area contributed by atoms with E-state index in [2.05, 4.69) is 0 Å². The number of rotatable bonds is 6. The van der Waals surface area contributed by atoms with Crippen LogP contribution >= 0.6 is 0 Å². The largest absolute Gasteiger partial charge is 0.467 e. The van der Waals surface area contributed by atoms with Crippen molar-refractivity contribution in [1.29, 1.82) is 0 Å². The fourth-order valence-electron chi connectivity index (χ4n) is 5.29. The third-order valence-electron chi connectivity index (χ3n) is 7.19. The number of sulfonamides is 1. The van der Waals surface area contributed by atoms with E-state index in [0.717, 1.165) is 50.6 Å². The van der Waals surface area contributed by atoms with Crippen molar-refractivity contribution in [2.24, 2.45) is 0 Å². The first-order valence-corrected chi connectivity index (χ1v) is 14.4. The molecule has 0 fully saturated rings. The van der Waals surface area contributed by atoms with Crippen LogP contribution in [-0.2, 0) is 37.3 Å². The summed E-state index contributed by atoms with van der Waals surface area (Å²) in [6.45, 7) is 12.0. The molecule has 1 aliphatic rings. The Kier molecular flexibility index (Phi) is 8.03. The topological polar surface area (TPSA) is 72.9 Å². The number of halogens is 1. The Morgan fingerprint density at radius 3 is 2.26 bits per heavy atom. The molecule has 0 bridgehead atoms. The molecule has 1 heterocycles. The van der Waals surface area contributed by atoms with Gasteiger partial charge in [0.05, 0.1) is 17.6 Å². The highest BCUT2D eigenvalue weighted by Crippen LogP contribution is 2.43. The monoisotopic (exact) mass is 553 g/mol. The minimum Gasteiger partial charge on any atom is -0.467 e. The van der Waals surface area contributed by atoms with Crippen LogP contribution in [0.5, 0.6) is 0 Å². The minimum absolute atomic E-state index is 0.0694. The predicted octanol–water partition coefficient (Wildman–Crippen LogP) is 6.19. The van der Waals surface area contributed by atoms with E-state index in [-0.39, 0.29) is 18.0 Å². The normalized spacial score (nSPS) is 15.1. The highest BCUT2D eigenvalue weighted by Gasteiger charge is 2.37. The first-order valence-electron chi connectivity index (χ1n) is 13.0. The van der Waals surface area contributed by atoms with Crippen molar-refractivity contribution in [2.75, 3.05) is 13.7 Å². The Bertz CT molecular complexity index is 1510. The molecular weight excluding hydrogens is 517 g/mol. The van der Waals surface area contributed by atoms with Crippen LogP contribution in [0.15, 0.2) is 53.4 Å². The van der Waals surface area contributed by atoms with E-state index < -0.39 is 33.5 Å². The van der Waals surface area contributed by atoms with E-state index in [1.54, 1.807) is 0 Å². The molecule has 4 rings (SSSR count). The standard InChI is InChI=1S/C31H36FNO5S/c1-19-11-13-22(14-12-19)27-21(3)26-18-33(39(35,36)24-10-8-9-23(32)17-24)16-15-25(26)20(2)28(27)29(30(34)37-7)38-31(4,5)6/h8-14,17,29H,15-16,18H2,1-7H3. The molecule has 1 atom stereocenters. The van der Waals surface area contributed by atoms with E-state index in [4.69, 9.17) is 9.47 Å². The van der Waals surface area contributed by atoms with Gasteiger partial charge in [0, 0.05) is 18.7 Å². The van der Waals surface area contributed by atoms with Gasteiger partial charge in [-0.3, -0.25) is 0 Å². The quantitative estimate of drug-likeness (QED) is 0.340. The molecule has 8 heteroatoms. The lowest BCUT2D eigenvalue weighted by Gasteiger charge is -2.35. The van der Waals surface area contributed by atoms with Gasteiger partial charge in [0.2, 0.25) is 10.0 Å². The van der Waals surface area contributed by atoms with Crippen LogP contribution in [0.25, 0.3) is 11.1 Å². The lowest BCUT2D eigenvalue weighted by atomic mass is 9.80. The second kappa shape index (κ2) is 10.8. The molecule has 0 amide bonds. The molecule has 0 saturated heterocycles. The van der Waals surface area contributed by atoms with Crippen molar-refractivity contribution in [3.8, 4) is 11.1 Å². The van der Waals surface area contributed by atoms with Crippen molar-refractivity contribution in [3.05, 3.63) is 87.7 Å². The van der Waals surface area contributed by atoms with Gasteiger partial charge in [0.25, 0.3) is 0 Å². The van der Waals surface area contributed by atoms with Gasteiger partial charge in [-0.1, -0.05) is 35.9 Å². The van der Waals surface area contributed by atoms with Gasteiger partial charge < -0.3 is 9.47 Å². The van der Waals surface area contributed by atoms with Crippen molar-refractivity contribution >= 4 is 16.0 Å². The zero-order valence-electron chi connectivity index (χ0n) is 23.6. The predicted molar refractivity (Wildman–Crippen MR) is 149 cm³/mol. The summed E-state index contributed by atoms with van der Waals surface area (Å²) < 4.78 is 53.8. The molecular formula is C31H36FNO5S. The van der Waals surface area contributed by atoms with E-state index in [1.165, 1.54) is 29.6 Å². The van der Waals surface area contributed by atoms with Crippen LogP contribution in [0.1, 0.15) is 60.3 Å². The number of ether oxygens (including phenoxy) is 2. The maximum Gasteiger partial charge on any atom is 0.339 e. The highest BCUT2D eigenvalue weighted by molar-refractivity contribution is 7.89. The fraction of sp³-hybridized carbons (Fsp3) is 0.387. The Hall–Kier alpha value is -3.07. The highest BCUT2D eigenvalue weighted by atomic mass is 32.2. The molecule has 0 saturated carbocycles. The third kappa shape index (κ3) is 5.78. The molecule has 0 radical (unpaired) electrons. The Labute approximate surface area is 230 Å². The van der Waals surface area contributed by atoms with Crippen LogP contribution in [0.4, 0.5) is 4.39 Å². The average molecular weight is 554 g/mol. The summed E-state index contributed by atoms with van der Waals surface area (Å²) in [7, 11) is -2.56. The summed E-state index contributed by atoms with van der Waals surface area (Å²) in [6, 6.07) is 13.1. The lowest BCUT2D eigenvalue weighted by Crippen LogP contribution is -2.37. The fourth-order valence-corrected chi connectivity index (χ4v) is 6.73. The molecule has 0 aromatic heterocycles. The number of carbonyl (C=O) groups is 1. The summed E-state index contributed by atoms with van der Waals surface area (Å²) in [4.78, 5) is 13.1. The summed E-state index contributed by atoms with van der Waals surface area (Å²) in [6.07, 6.45) is -0.523. The maximum absolute atomic E-state index is 13.9. The smallest absolute Gasteiger partial charge is 0.339 e. The second-order valence-corrected chi connectivity index (χ2v) is 13.0. The van der Waals surface area contributed by atoms with Crippen LogP contribution in [0.3, 0.4) is 0 Å². The molecule has 6 nitrogen and oxygen atoms in total. The van der Waals surface area contributed by atoms with Gasteiger partial charge in [0.15, 0.2) is 6.10 Å². The lowest BCUT2D eigenvalue weighted by molar-refractivity contribution is -0.164. The third-order valence-corrected chi connectivity index (χ3v) is 9.03. The first kappa shape index (κ1) is 28.9. The van der Waals surface area contributed by atoms with E-state index in [1.807, 2.05) is 65.8 Å². The number of methoxy groups -OCH3 is 1. The van der Waals surface area contributed by atoms with Crippen LogP contribution in [-0.4, -0.2) is 37.9 Å². The van der Waals surface area contributed by atoms with Crippen LogP contribution < -0.4 is 0 Å². The van der Waals surface area contributed by atoms with E-state index in [0.29, 0.717) is 6.42 Å². The SMILES string of the molecule is COC(=O)C(OC(C)(C)C)c1c(C)c2c(c(C)c1-c1ccc(C)cc1)CN(S(=O)(=O)c1cccc(F)c1)CC2. The van der Waals surface area contributed by atoms with Gasteiger partial charge >= 0.3 is 5.97 Å². The van der Waals surface area contributed by atoms with Crippen LogP contribution in [0.2, 0.25) is 0 Å². The number of hydrogen-bond donors (Lipinski definition) is 0. The molecule has 1 aliphatic heterocycles. The van der Waals surface area contributed by atoms with Gasteiger partial charge in [-0.25, -0.2) is 17.6 Å². The van der Waals surface area contributed by atoms with Gasteiger partial charge in [-0.15, -0.1) is 0 Å². The molecule has 1 unspecified atom stereocenters. The number of hydrogen-bond acceptors (Lipinski definition) is 5. The molecule has 0 spiro atoms. The zero-order valence-corrected chi connectivity index (χ0v) is 24.4. The molecule has 0 N–H and O–H groups in total. The van der Waals surface area contributed by atoms with Crippen molar-refractivity contribution in [1.82, 2.24) is 4.31 Å². The number of esters is 1. The summed E-state index contributed by atoms with van der Waals surface area (Å²) in [5, 5.41) is 0. The molecule has 3 aromatic rings. The number of benzene rings is 3. The van der Waals surface area contributed by atoms with Crippen molar-refractivity contribution in [3.63, 3.8) is 0 Å². The van der Waals surface area contributed by atoms with Gasteiger partial charge in [0.1, 0.15) is 5.82 Å². The molecule has 208 valence electrons. The van der Waals surface area contributed by atoms with Crippen molar-refractivity contribution in [2.45, 2.75) is 71.1 Å². The summed E-state index contributed by atoms with van der Waals surface area (Å²) >= 11 is 0. The molecule has 3 aromatic carbocycles. The first-order chi connectivity index (χ1) is 18.2. The maximum atomic E-state index is 13.9. The number of nitrogens with zero attached hydrogens (tertiary/aromatic N) is 1. The molecule has 0 aliphatic carbocycles. The van der Waals surface area contributed by atoms with E-state index >= 15 is 0 Å². The number of fused-ring (bicyclic) bond motifs is 1. The Morgan fingerprint density at radius 1 is 1.00 bits per heavy atom. The van der Waals surface area contributed by atoms with E-state index in [9.17, 15) is 17.6 Å². The van der Waals surface area contributed by atoms with Gasteiger partial charge in [-0.05, 0) is 99.5 Å². The number of carbonyl (C=O) groups excluding carboxylic acids is 1. The summed E-state index contributed by atoms with van der Waals surface area (Å²) in [5.74, 6) is -1.09. The summed E-state index contributed by atoms with van der Waals surface area (Å²) in [5.41, 5.74) is 6.57. The Balaban J connectivity index is 1.94. The van der Waals surface area contributed by atoms with Gasteiger partial charge in [-0.2, -0.15) is 4.31 Å². The second-order valence-electron chi connectivity index (χ2n) is 11.0. The average Bonchev–Trinajstić information content (AvgIpc) is 2.88. The number of aryl methyl sites for hydroxylation is 1. The Morgan fingerprint density at radius 2 is 1.67 bits per heavy atom. The minimum atomic E-state index is -3.91. The van der Waals surface area contributed by atoms with Crippen LogP contribution in [0, 0.1) is 26.6 Å².